The second kappa shape index (κ2) is 8.10. The normalized spacial score (nSPS) is 16.1. The quantitative estimate of drug-likeness (QED) is 0.741. The summed E-state index contributed by atoms with van der Waals surface area (Å²) < 4.78 is 7.72. The number of carbonyl (C=O) groups excluding carboxylic acids is 1. The monoisotopic (exact) mass is 389 g/mol. The van der Waals surface area contributed by atoms with Gasteiger partial charge in [-0.25, -0.2) is 4.68 Å². The number of aromatic nitrogens is 3. The summed E-state index contributed by atoms with van der Waals surface area (Å²) in [5.74, 6) is 0.603. The molecule has 1 aliphatic rings. The summed E-state index contributed by atoms with van der Waals surface area (Å²) in [6.07, 6.45) is 3.77. The van der Waals surface area contributed by atoms with E-state index < -0.39 is 0 Å². The Bertz CT molecular complexity index is 883. The van der Waals surface area contributed by atoms with Crippen LogP contribution >= 0.6 is 12.4 Å². The molecule has 1 saturated heterocycles. The zero-order chi connectivity index (χ0) is 18.1. The minimum atomic E-state index is -0.195. The summed E-state index contributed by atoms with van der Waals surface area (Å²) in [6.45, 7) is 3.89. The van der Waals surface area contributed by atoms with E-state index in [1.165, 1.54) is 0 Å². The Balaban J connectivity index is 0.00000210. The molecule has 1 unspecified atom stereocenters. The number of halogens is 1. The van der Waals surface area contributed by atoms with Gasteiger partial charge in [-0.1, -0.05) is 23.4 Å². The molecule has 0 aliphatic carbocycles. The molecule has 0 radical (unpaired) electrons. The number of benzene rings is 1. The average Bonchev–Trinajstić information content (AvgIpc) is 3.34. The third-order valence-electron chi connectivity index (χ3n) is 5.17. The first-order valence-electron chi connectivity index (χ1n) is 9.01. The molecule has 27 heavy (non-hydrogen) atoms. The van der Waals surface area contributed by atoms with Crippen LogP contribution in [0.5, 0.6) is 0 Å². The minimum absolute atomic E-state index is 0. The lowest BCUT2D eigenvalue weighted by molar-refractivity contribution is 0.0721. The molecule has 3 aromatic rings. The van der Waals surface area contributed by atoms with E-state index in [0.29, 0.717) is 11.7 Å². The van der Waals surface area contributed by atoms with Crippen molar-refractivity contribution in [3.8, 4) is 0 Å². The molecule has 8 heteroatoms. The van der Waals surface area contributed by atoms with E-state index in [1.54, 1.807) is 18.1 Å². The van der Waals surface area contributed by atoms with Crippen LogP contribution in [0, 0.1) is 0 Å². The zero-order valence-electron chi connectivity index (χ0n) is 15.5. The van der Waals surface area contributed by atoms with E-state index in [9.17, 15) is 4.79 Å². The molecule has 0 saturated carbocycles. The van der Waals surface area contributed by atoms with Crippen LogP contribution in [0.25, 0.3) is 11.0 Å². The molecule has 1 N–H and O–H groups in total. The van der Waals surface area contributed by atoms with Gasteiger partial charge >= 0.3 is 0 Å². The Morgan fingerprint density at radius 2 is 2.07 bits per heavy atom. The molecule has 1 aromatic carbocycles. The highest BCUT2D eigenvalue weighted by Gasteiger charge is 2.25. The van der Waals surface area contributed by atoms with Gasteiger partial charge in [0.15, 0.2) is 5.69 Å². The highest BCUT2D eigenvalue weighted by molar-refractivity contribution is 5.92. The molecule has 0 bridgehead atoms. The number of furan rings is 1. The molecule has 7 nitrogen and oxygen atoms in total. The first-order valence-corrected chi connectivity index (χ1v) is 9.01. The molecule has 2 aromatic heterocycles. The lowest BCUT2D eigenvalue weighted by Gasteiger charge is -2.23. The van der Waals surface area contributed by atoms with E-state index in [0.717, 1.165) is 42.7 Å². The van der Waals surface area contributed by atoms with Gasteiger partial charge in [0.25, 0.3) is 5.91 Å². The van der Waals surface area contributed by atoms with Crippen molar-refractivity contribution in [2.45, 2.75) is 31.8 Å². The van der Waals surface area contributed by atoms with Crippen LogP contribution in [0.3, 0.4) is 0 Å². The fraction of sp³-hybridized carbons (Fsp3) is 0.421. The minimum Gasteiger partial charge on any atom is -0.459 e. The maximum Gasteiger partial charge on any atom is 0.276 e. The van der Waals surface area contributed by atoms with Gasteiger partial charge in [-0.15, -0.1) is 17.5 Å². The molecular weight excluding hydrogens is 366 g/mol. The highest BCUT2D eigenvalue weighted by atomic mass is 35.5. The first kappa shape index (κ1) is 19.4. The molecule has 3 heterocycles. The van der Waals surface area contributed by atoms with E-state index >= 15 is 0 Å². The molecule has 1 aliphatic heterocycles. The molecule has 1 fully saturated rings. The predicted molar refractivity (Wildman–Crippen MR) is 105 cm³/mol. The molecule has 0 spiro atoms. The smallest absolute Gasteiger partial charge is 0.276 e. The number of hydrogen-bond donors (Lipinski definition) is 1. The van der Waals surface area contributed by atoms with Gasteiger partial charge in [-0.05, 0) is 45.0 Å². The molecule has 144 valence electrons. The maximum atomic E-state index is 12.8. The van der Waals surface area contributed by atoms with Crippen molar-refractivity contribution in [2.75, 3.05) is 20.1 Å². The second-order valence-corrected chi connectivity index (χ2v) is 6.84. The van der Waals surface area contributed by atoms with Gasteiger partial charge in [0, 0.05) is 12.4 Å². The number of rotatable bonds is 4. The van der Waals surface area contributed by atoms with Gasteiger partial charge in [0.2, 0.25) is 0 Å². The molecule has 1 amide bonds. The predicted octanol–water partition coefficient (Wildman–Crippen LogP) is 3.20. The second-order valence-electron chi connectivity index (χ2n) is 6.84. The number of amides is 1. The third kappa shape index (κ3) is 3.84. The number of nitrogens with one attached hydrogen (secondary N) is 1. The Kier molecular flexibility index (Phi) is 5.82. The van der Waals surface area contributed by atoms with Crippen LogP contribution in [-0.2, 0) is 0 Å². The average molecular weight is 390 g/mol. The number of fused-ring (bicyclic) bond motifs is 1. The van der Waals surface area contributed by atoms with Crippen molar-refractivity contribution in [3.63, 3.8) is 0 Å². The van der Waals surface area contributed by atoms with Crippen molar-refractivity contribution >= 4 is 29.3 Å². The van der Waals surface area contributed by atoms with E-state index in [2.05, 4.69) is 15.6 Å². The highest BCUT2D eigenvalue weighted by Crippen LogP contribution is 2.27. The van der Waals surface area contributed by atoms with Gasteiger partial charge in [-0.2, -0.15) is 0 Å². The maximum absolute atomic E-state index is 12.8. The number of hydrogen-bond acceptors (Lipinski definition) is 5. The summed E-state index contributed by atoms with van der Waals surface area (Å²) >= 11 is 0. The van der Waals surface area contributed by atoms with Crippen LogP contribution in [0.1, 0.15) is 48.1 Å². The fourth-order valence-corrected chi connectivity index (χ4v) is 3.38. The van der Waals surface area contributed by atoms with Gasteiger partial charge < -0.3 is 14.6 Å². The Hall–Kier alpha value is -2.38. The topological polar surface area (TPSA) is 76.2 Å². The fourth-order valence-electron chi connectivity index (χ4n) is 3.38. The molecular formula is C19H24ClN5O2. The van der Waals surface area contributed by atoms with E-state index in [-0.39, 0.29) is 24.4 Å². The van der Waals surface area contributed by atoms with Crippen LogP contribution in [0.2, 0.25) is 0 Å². The molecule has 1 atom stereocenters. The number of nitrogens with zero attached hydrogens (tertiary/aromatic N) is 4. The van der Waals surface area contributed by atoms with E-state index in [1.807, 2.05) is 41.9 Å². The van der Waals surface area contributed by atoms with Crippen molar-refractivity contribution in [1.82, 2.24) is 25.2 Å². The van der Waals surface area contributed by atoms with Gasteiger partial charge in [0.1, 0.15) is 11.3 Å². The Morgan fingerprint density at radius 1 is 1.33 bits per heavy atom. The Labute approximate surface area is 164 Å². The summed E-state index contributed by atoms with van der Waals surface area (Å²) in [5.41, 5.74) is 1.20. The van der Waals surface area contributed by atoms with E-state index in [4.69, 9.17) is 4.42 Å². The number of carbonyl (C=O) groups is 1. The number of piperidine rings is 1. The summed E-state index contributed by atoms with van der Waals surface area (Å²) in [4.78, 5) is 14.5. The standard InChI is InChI=1S/C19H23N5O2.ClH/c1-13(18-11-14-5-3-4-6-17(14)26-18)23(2)19(25)16-12-24(22-21-16)15-7-9-20-10-8-15;/h3-6,11-13,15,20H,7-10H2,1-2H3;1H. The van der Waals surface area contributed by atoms with Crippen LogP contribution in [0.15, 0.2) is 40.9 Å². The largest absolute Gasteiger partial charge is 0.459 e. The third-order valence-corrected chi connectivity index (χ3v) is 5.17. The lowest BCUT2D eigenvalue weighted by atomic mass is 10.1. The summed E-state index contributed by atoms with van der Waals surface area (Å²) in [6, 6.07) is 9.94. The number of para-hydroxylation sites is 1. The SMILES string of the molecule is CC(c1cc2ccccc2o1)N(C)C(=O)c1cn(C2CCNCC2)nn1.Cl. The summed E-state index contributed by atoms with van der Waals surface area (Å²) in [7, 11) is 1.77. The van der Waals surface area contributed by atoms with Crippen molar-refractivity contribution < 1.29 is 9.21 Å². The lowest BCUT2D eigenvalue weighted by Crippen LogP contribution is -2.30. The van der Waals surface area contributed by atoms with Gasteiger partial charge in [0.05, 0.1) is 18.3 Å². The van der Waals surface area contributed by atoms with Crippen LogP contribution in [0.4, 0.5) is 0 Å². The van der Waals surface area contributed by atoms with Gasteiger partial charge in [-0.3, -0.25) is 4.79 Å². The van der Waals surface area contributed by atoms with Crippen LogP contribution in [-0.4, -0.2) is 45.9 Å². The van der Waals surface area contributed by atoms with Crippen molar-refractivity contribution in [1.29, 1.82) is 0 Å². The Morgan fingerprint density at radius 3 is 2.81 bits per heavy atom. The first-order chi connectivity index (χ1) is 12.6. The van der Waals surface area contributed by atoms with Crippen molar-refractivity contribution in [3.05, 3.63) is 48.0 Å². The summed E-state index contributed by atoms with van der Waals surface area (Å²) in [5, 5.41) is 12.6. The zero-order valence-corrected chi connectivity index (χ0v) is 16.3. The molecule has 4 rings (SSSR count). The van der Waals surface area contributed by atoms with Crippen LogP contribution < -0.4 is 5.32 Å². The van der Waals surface area contributed by atoms with Crippen molar-refractivity contribution in [2.24, 2.45) is 0 Å².